The zero-order valence-corrected chi connectivity index (χ0v) is 9.49. The summed E-state index contributed by atoms with van der Waals surface area (Å²) in [7, 11) is 1.82. The lowest BCUT2D eigenvalue weighted by Crippen LogP contribution is -2.42. The van der Waals surface area contributed by atoms with Crippen LogP contribution < -0.4 is 0 Å². The highest BCUT2D eigenvalue weighted by atomic mass is 16.5. The van der Waals surface area contributed by atoms with Gasteiger partial charge in [-0.25, -0.2) is 0 Å². The second kappa shape index (κ2) is 6.79. The van der Waals surface area contributed by atoms with E-state index in [1.54, 1.807) is 13.8 Å². The van der Waals surface area contributed by atoms with E-state index in [9.17, 15) is 9.90 Å². The predicted octanol–water partition coefficient (Wildman–Crippen LogP) is 0.641. The SMILES string of the molecule is CCOC(=O)C(CC)N(C)CC(C)O. The summed E-state index contributed by atoms with van der Waals surface area (Å²) in [6.45, 7) is 6.31. The van der Waals surface area contributed by atoms with Crippen LogP contribution in [0.2, 0.25) is 0 Å². The van der Waals surface area contributed by atoms with E-state index in [0.717, 1.165) is 0 Å². The monoisotopic (exact) mass is 203 g/mol. The van der Waals surface area contributed by atoms with Crippen LogP contribution in [0.25, 0.3) is 0 Å². The molecule has 84 valence electrons. The van der Waals surface area contributed by atoms with Gasteiger partial charge in [0.25, 0.3) is 0 Å². The zero-order valence-electron chi connectivity index (χ0n) is 9.49. The Morgan fingerprint density at radius 1 is 1.50 bits per heavy atom. The summed E-state index contributed by atoms with van der Waals surface area (Å²) < 4.78 is 4.94. The molecule has 4 nitrogen and oxygen atoms in total. The molecule has 0 heterocycles. The number of carbonyl (C=O) groups excluding carboxylic acids is 1. The van der Waals surface area contributed by atoms with E-state index < -0.39 is 6.10 Å². The highest BCUT2D eigenvalue weighted by Gasteiger charge is 2.22. The van der Waals surface area contributed by atoms with E-state index in [1.807, 2.05) is 18.9 Å². The molecule has 2 atom stereocenters. The van der Waals surface area contributed by atoms with Gasteiger partial charge in [-0.1, -0.05) is 6.92 Å². The minimum atomic E-state index is -0.427. The number of hydrogen-bond acceptors (Lipinski definition) is 4. The lowest BCUT2D eigenvalue weighted by Gasteiger charge is -2.26. The van der Waals surface area contributed by atoms with E-state index in [0.29, 0.717) is 19.6 Å². The molecule has 0 rings (SSSR count). The molecule has 0 aromatic heterocycles. The van der Waals surface area contributed by atoms with Crippen LogP contribution in [0.3, 0.4) is 0 Å². The number of aliphatic hydroxyl groups excluding tert-OH is 1. The predicted molar refractivity (Wildman–Crippen MR) is 55.0 cm³/mol. The van der Waals surface area contributed by atoms with Crippen LogP contribution in [0.5, 0.6) is 0 Å². The molecule has 14 heavy (non-hydrogen) atoms. The van der Waals surface area contributed by atoms with Gasteiger partial charge in [-0.2, -0.15) is 0 Å². The molecule has 1 N–H and O–H groups in total. The molecule has 0 aliphatic rings. The van der Waals surface area contributed by atoms with E-state index in [-0.39, 0.29) is 12.0 Å². The molecule has 4 heteroatoms. The summed E-state index contributed by atoms with van der Waals surface area (Å²) in [6, 6.07) is -0.246. The Bertz CT molecular complexity index is 171. The van der Waals surface area contributed by atoms with E-state index in [1.165, 1.54) is 0 Å². The summed E-state index contributed by atoms with van der Waals surface area (Å²) in [5.74, 6) is -0.210. The van der Waals surface area contributed by atoms with Crippen LogP contribution in [0.15, 0.2) is 0 Å². The van der Waals surface area contributed by atoms with Crippen LogP contribution in [-0.4, -0.2) is 48.3 Å². The third-order valence-electron chi connectivity index (χ3n) is 2.03. The van der Waals surface area contributed by atoms with E-state index >= 15 is 0 Å². The second-order valence-corrected chi connectivity index (χ2v) is 3.46. The molecule has 0 aromatic carbocycles. The average molecular weight is 203 g/mol. The second-order valence-electron chi connectivity index (χ2n) is 3.46. The third-order valence-corrected chi connectivity index (χ3v) is 2.03. The van der Waals surface area contributed by atoms with E-state index in [4.69, 9.17) is 4.74 Å². The van der Waals surface area contributed by atoms with Gasteiger partial charge in [-0.3, -0.25) is 9.69 Å². The molecule has 0 spiro atoms. The van der Waals surface area contributed by atoms with Gasteiger partial charge < -0.3 is 9.84 Å². The van der Waals surface area contributed by atoms with Gasteiger partial charge in [0.2, 0.25) is 0 Å². The molecule has 0 radical (unpaired) electrons. The molecule has 0 saturated carbocycles. The number of carbonyl (C=O) groups is 1. The van der Waals surface area contributed by atoms with Crippen molar-refractivity contribution in [1.82, 2.24) is 4.90 Å². The first kappa shape index (κ1) is 13.4. The molecule has 0 aliphatic heterocycles. The fourth-order valence-corrected chi connectivity index (χ4v) is 1.44. The Hall–Kier alpha value is -0.610. The van der Waals surface area contributed by atoms with Crippen molar-refractivity contribution in [2.45, 2.75) is 39.3 Å². The minimum Gasteiger partial charge on any atom is -0.465 e. The molecule has 0 aromatic rings. The average Bonchev–Trinajstić information content (AvgIpc) is 2.04. The van der Waals surface area contributed by atoms with Crippen molar-refractivity contribution in [3.63, 3.8) is 0 Å². The van der Waals surface area contributed by atoms with Crippen LogP contribution in [-0.2, 0) is 9.53 Å². The molecule has 0 aliphatic carbocycles. The molecule has 0 fully saturated rings. The Kier molecular flexibility index (Phi) is 6.49. The summed E-state index contributed by atoms with van der Waals surface area (Å²) >= 11 is 0. The van der Waals surface area contributed by atoms with Crippen molar-refractivity contribution >= 4 is 5.97 Å². The first-order valence-electron chi connectivity index (χ1n) is 5.07. The van der Waals surface area contributed by atoms with Gasteiger partial charge in [0.15, 0.2) is 0 Å². The summed E-state index contributed by atoms with van der Waals surface area (Å²) in [4.78, 5) is 13.3. The molecular formula is C10H21NO3. The summed E-state index contributed by atoms with van der Waals surface area (Å²) in [5, 5.41) is 9.19. The Labute approximate surface area is 85.9 Å². The van der Waals surface area contributed by atoms with Gasteiger partial charge in [-0.15, -0.1) is 0 Å². The molecule has 0 amide bonds. The Balaban J connectivity index is 4.17. The summed E-state index contributed by atoms with van der Waals surface area (Å²) in [6.07, 6.45) is 0.269. The number of hydrogen-bond donors (Lipinski definition) is 1. The standard InChI is InChI=1S/C10H21NO3/c1-5-9(10(13)14-6-2)11(4)7-8(3)12/h8-9,12H,5-7H2,1-4H3. The summed E-state index contributed by atoms with van der Waals surface area (Å²) in [5.41, 5.74) is 0. The molecular weight excluding hydrogens is 182 g/mol. The van der Waals surface area contributed by atoms with Crippen molar-refractivity contribution in [3.05, 3.63) is 0 Å². The van der Waals surface area contributed by atoms with Crippen LogP contribution in [0, 0.1) is 0 Å². The van der Waals surface area contributed by atoms with Gasteiger partial charge in [-0.05, 0) is 27.3 Å². The number of rotatable bonds is 6. The number of nitrogens with zero attached hydrogens (tertiary/aromatic N) is 1. The van der Waals surface area contributed by atoms with Crippen molar-refractivity contribution < 1.29 is 14.6 Å². The van der Waals surface area contributed by atoms with Crippen molar-refractivity contribution in [3.8, 4) is 0 Å². The third kappa shape index (κ3) is 4.58. The van der Waals surface area contributed by atoms with Crippen LogP contribution in [0.4, 0.5) is 0 Å². The number of likely N-dealkylation sites (N-methyl/N-ethyl adjacent to an activating group) is 1. The van der Waals surface area contributed by atoms with Gasteiger partial charge in [0.05, 0.1) is 12.7 Å². The molecule has 0 saturated heterocycles. The van der Waals surface area contributed by atoms with Gasteiger partial charge in [0, 0.05) is 6.54 Å². The first-order valence-corrected chi connectivity index (χ1v) is 5.07. The van der Waals surface area contributed by atoms with Crippen molar-refractivity contribution in [2.75, 3.05) is 20.2 Å². The number of esters is 1. The maximum Gasteiger partial charge on any atom is 0.323 e. The van der Waals surface area contributed by atoms with E-state index in [2.05, 4.69) is 0 Å². The Morgan fingerprint density at radius 3 is 2.43 bits per heavy atom. The fraction of sp³-hybridized carbons (Fsp3) is 0.900. The van der Waals surface area contributed by atoms with Crippen molar-refractivity contribution in [2.24, 2.45) is 0 Å². The largest absolute Gasteiger partial charge is 0.465 e. The fourth-order valence-electron chi connectivity index (χ4n) is 1.44. The smallest absolute Gasteiger partial charge is 0.323 e. The lowest BCUT2D eigenvalue weighted by molar-refractivity contribution is -0.149. The quantitative estimate of drug-likeness (QED) is 0.644. The van der Waals surface area contributed by atoms with Gasteiger partial charge in [0.1, 0.15) is 6.04 Å². The number of aliphatic hydroxyl groups is 1. The zero-order chi connectivity index (χ0) is 11.1. The van der Waals surface area contributed by atoms with Crippen molar-refractivity contribution in [1.29, 1.82) is 0 Å². The maximum atomic E-state index is 11.5. The lowest BCUT2D eigenvalue weighted by atomic mass is 10.2. The minimum absolute atomic E-state index is 0.210. The maximum absolute atomic E-state index is 11.5. The highest BCUT2D eigenvalue weighted by Crippen LogP contribution is 2.05. The number of ether oxygens (including phenoxy) is 1. The first-order chi connectivity index (χ1) is 6.52. The van der Waals surface area contributed by atoms with Gasteiger partial charge >= 0.3 is 5.97 Å². The topological polar surface area (TPSA) is 49.8 Å². The van der Waals surface area contributed by atoms with Crippen LogP contribution in [0.1, 0.15) is 27.2 Å². The molecule has 0 bridgehead atoms. The van der Waals surface area contributed by atoms with Crippen LogP contribution >= 0.6 is 0 Å². The Morgan fingerprint density at radius 2 is 2.07 bits per heavy atom. The normalized spacial score (nSPS) is 15.3. The molecule has 2 unspecified atom stereocenters. The highest BCUT2D eigenvalue weighted by molar-refractivity contribution is 5.75.